The SMILES string of the molecule is CCN(C1CCCCC1)S(=O)(=O)c1ccc(C(=O)N(Cc2ccccc2)c2nc3ccc(S(C)(=O)=O)cc3s2)cc1. The van der Waals surface area contributed by atoms with Crippen molar-refractivity contribution in [3.8, 4) is 0 Å². The Morgan fingerprint density at radius 3 is 2.20 bits per heavy atom. The van der Waals surface area contributed by atoms with Gasteiger partial charge in [-0.25, -0.2) is 21.8 Å². The number of hydrogen-bond acceptors (Lipinski definition) is 7. The minimum Gasteiger partial charge on any atom is -0.279 e. The topological polar surface area (TPSA) is 105 Å². The molecule has 3 aromatic carbocycles. The number of nitrogens with zero attached hydrogens (tertiary/aromatic N) is 3. The number of carbonyl (C=O) groups is 1. The molecular formula is C30H33N3O5S3. The van der Waals surface area contributed by atoms with Crippen LogP contribution in [0.5, 0.6) is 0 Å². The summed E-state index contributed by atoms with van der Waals surface area (Å²) >= 11 is 1.23. The van der Waals surface area contributed by atoms with Crippen LogP contribution in [0.3, 0.4) is 0 Å². The summed E-state index contributed by atoms with van der Waals surface area (Å²) in [6, 6.07) is 20.3. The Labute approximate surface area is 245 Å². The first-order chi connectivity index (χ1) is 19.6. The molecular weight excluding hydrogens is 579 g/mol. The number of hydrogen-bond donors (Lipinski definition) is 0. The molecule has 1 heterocycles. The van der Waals surface area contributed by atoms with Gasteiger partial charge in [-0.3, -0.25) is 9.69 Å². The summed E-state index contributed by atoms with van der Waals surface area (Å²) in [5, 5.41) is 0.422. The highest BCUT2D eigenvalue weighted by molar-refractivity contribution is 7.90. The number of amides is 1. The predicted octanol–water partition coefficient (Wildman–Crippen LogP) is 5.89. The van der Waals surface area contributed by atoms with E-state index < -0.39 is 19.9 Å². The summed E-state index contributed by atoms with van der Waals surface area (Å²) in [7, 11) is -7.10. The maximum atomic E-state index is 13.9. The van der Waals surface area contributed by atoms with Gasteiger partial charge in [0.1, 0.15) is 0 Å². The molecule has 0 N–H and O–H groups in total. The van der Waals surface area contributed by atoms with E-state index in [1.54, 1.807) is 33.5 Å². The summed E-state index contributed by atoms with van der Waals surface area (Å²) in [5.74, 6) is -0.333. The standard InChI is InChI=1S/C30H33N3O5S3/c1-3-33(24-12-8-5-9-13-24)41(37,38)25-16-14-23(15-17-25)29(34)32(21-22-10-6-4-7-11-22)30-31-27-19-18-26(40(2,35)36)20-28(27)39-30/h4,6-7,10-11,14-20,24H,3,5,8-9,12-13,21H2,1-2H3. The number of fused-ring (bicyclic) bond motifs is 1. The molecule has 1 aliphatic carbocycles. The van der Waals surface area contributed by atoms with E-state index in [0.29, 0.717) is 27.5 Å². The van der Waals surface area contributed by atoms with Gasteiger partial charge in [-0.2, -0.15) is 4.31 Å². The van der Waals surface area contributed by atoms with E-state index in [1.165, 1.54) is 29.5 Å². The summed E-state index contributed by atoms with van der Waals surface area (Å²) < 4.78 is 53.4. The third-order valence-corrected chi connectivity index (χ3v) is 11.6. The van der Waals surface area contributed by atoms with Crippen LogP contribution in [0.25, 0.3) is 10.2 Å². The van der Waals surface area contributed by atoms with Gasteiger partial charge >= 0.3 is 0 Å². The van der Waals surface area contributed by atoms with Crippen LogP contribution in [-0.2, 0) is 26.4 Å². The van der Waals surface area contributed by atoms with Crippen molar-refractivity contribution in [2.75, 3.05) is 17.7 Å². The lowest BCUT2D eigenvalue weighted by Crippen LogP contribution is -2.41. The summed E-state index contributed by atoms with van der Waals surface area (Å²) in [5.41, 5.74) is 1.81. The Morgan fingerprint density at radius 1 is 0.902 bits per heavy atom. The van der Waals surface area contributed by atoms with Crippen LogP contribution in [0.2, 0.25) is 0 Å². The molecule has 41 heavy (non-hydrogen) atoms. The summed E-state index contributed by atoms with van der Waals surface area (Å²) in [4.78, 5) is 20.4. The Hall–Kier alpha value is -3.12. The molecule has 4 aromatic rings. The largest absolute Gasteiger partial charge is 0.279 e. The zero-order chi connectivity index (χ0) is 29.2. The van der Waals surface area contributed by atoms with Crippen LogP contribution >= 0.6 is 11.3 Å². The number of sulfonamides is 1. The first-order valence-corrected chi connectivity index (χ1v) is 17.8. The highest BCUT2D eigenvalue weighted by Gasteiger charge is 2.31. The third kappa shape index (κ3) is 6.38. The van der Waals surface area contributed by atoms with Gasteiger partial charge < -0.3 is 0 Å². The van der Waals surface area contributed by atoms with Gasteiger partial charge in [0.2, 0.25) is 10.0 Å². The molecule has 1 saturated carbocycles. The first kappa shape index (κ1) is 29.4. The first-order valence-electron chi connectivity index (χ1n) is 13.7. The third-order valence-electron chi connectivity index (χ3n) is 7.44. The minimum atomic E-state index is -3.70. The maximum Gasteiger partial charge on any atom is 0.260 e. The van der Waals surface area contributed by atoms with Crippen molar-refractivity contribution in [3.05, 3.63) is 83.9 Å². The van der Waals surface area contributed by atoms with Crippen molar-refractivity contribution in [2.45, 2.75) is 61.4 Å². The average molecular weight is 612 g/mol. The van der Waals surface area contributed by atoms with Gasteiger partial charge in [0.25, 0.3) is 5.91 Å². The van der Waals surface area contributed by atoms with Crippen LogP contribution in [0.4, 0.5) is 5.13 Å². The second kappa shape index (κ2) is 12.0. The van der Waals surface area contributed by atoms with Crippen molar-refractivity contribution in [1.29, 1.82) is 0 Å². The predicted molar refractivity (Wildman–Crippen MR) is 163 cm³/mol. The Kier molecular flexibility index (Phi) is 8.60. The van der Waals surface area contributed by atoms with Crippen LogP contribution < -0.4 is 4.90 Å². The van der Waals surface area contributed by atoms with Crippen molar-refractivity contribution in [1.82, 2.24) is 9.29 Å². The molecule has 0 atom stereocenters. The van der Waals surface area contributed by atoms with Gasteiger partial charge in [0.05, 0.1) is 26.6 Å². The lowest BCUT2D eigenvalue weighted by Gasteiger charge is -2.32. The van der Waals surface area contributed by atoms with Gasteiger partial charge in [-0.1, -0.05) is 67.9 Å². The minimum absolute atomic E-state index is 0.00340. The van der Waals surface area contributed by atoms with Crippen LogP contribution in [-0.4, -0.2) is 50.9 Å². The Balaban J connectivity index is 1.47. The highest BCUT2D eigenvalue weighted by Crippen LogP contribution is 2.33. The Morgan fingerprint density at radius 2 is 1.56 bits per heavy atom. The van der Waals surface area contributed by atoms with E-state index in [0.717, 1.165) is 43.9 Å². The van der Waals surface area contributed by atoms with Crippen LogP contribution in [0, 0.1) is 0 Å². The van der Waals surface area contributed by atoms with E-state index in [1.807, 2.05) is 37.3 Å². The summed E-state index contributed by atoms with van der Waals surface area (Å²) in [6.45, 7) is 2.50. The van der Waals surface area contributed by atoms with Crippen LogP contribution in [0.1, 0.15) is 54.9 Å². The molecule has 0 spiro atoms. The second-order valence-corrected chi connectivity index (χ2v) is 15.2. The van der Waals surface area contributed by atoms with E-state index >= 15 is 0 Å². The molecule has 0 radical (unpaired) electrons. The van der Waals surface area contributed by atoms with Crippen molar-refractivity contribution < 1.29 is 21.6 Å². The van der Waals surface area contributed by atoms with E-state index in [4.69, 9.17) is 0 Å². The molecule has 0 bridgehead atoms. The maximum absolute atomic E-state index is 13.9. The normalized spacial score (nSPS) is 14.9. The van der Waals surface area contributed by atoms with Gasteiger partial charge in [-0.15, -0.1) is 0 Å². The fraction of sp³-hybridized carbons (Fsp3) is 0.333. The van der Waals surface area contributed by atoms with Gasteiger partial charge in [0, 0.05) is 24.4 Å². The fourth-order valence-electron chi connectivity index (χ4n) is 5.29. The summed E-state index contributed by atoms with van der Waals surface area (Å²) in [6.07, 6.45) is 6.08. The molecule has 1 amide bonds. The molecule has 0 aliphatic heterocycles. The number of benzene rings is 3. The van der Waals surface area contributed by atoms with E-state index in [2.05, 4.69) is 4.98 Å². The Bertz CT molecular complexity index is 1750. The van der Waals surface area contributed by atoms with Crippen molar-refractivity contribution in [2.24, 2.45) is 0 Å². The second-order valence-electron chi connectivity index (χ2n) is 10.3. The zero-order valence-corrected chi connectivity index (χ0v) is 25.5. The molecule has 0 unspecified atom stereocenters. The number of carbonyl (C=O) groups excluding carboxylic acids is 1. The monoisotopic (exact) mass is 611 g/mol. The molecule has 11 heteroatoms. The molecule has 1 aliphatic rings. The number of rotatable bonds is 9. The number of aromatic nitrogens is 1. The molecule has 5 rings (SSSR count). The number of thiazole rings is 1. The van der Waals surface area contributed by atoms with Crippen molar-refractivity contribution >= 4 is 52.5 Å². The quantitative estimate of drug-likeness (QED) is 0.234. The number of sulfone groups is 1. The van der Waals surface area contributed by atoms with Gasteiger partial charge in [0.15, 0.2) is 15.0 Å². The van der Waals surface area contributed by atoms with Crippen molar-refractivity contribution in [3.63, 3.8) is 0 Å². The fourth-order valence-corrected chi connectivity index (χ4v) is 8.70. The van der Waals surface area contributed by atoms with Crippen LogP contribution in [0.15, 0.2) is 82.6 Å². The van der Waals surface area contributed by atoms with Gasteiger partial charge in [-0.05, 0) is 60.9 Å². The lowest BCUT2D eigenvalue weighted by atomic mass is 9.95. The molecule has 1 fully saturated rings. The lowest BCUT2D eigenvalue weighted by molar-refractivity contribution is 0.0985. The average Bonchev–Trinajstić information content (AvgIpc) is 3.40. The molecule has 0 saturated heterocycles. The smallest absolute Gasteiger partial charge is 0.260 e. The molecule has 216 valence electrons. The van der Waals surface area contributed by atoms with E-state index in [-0.39, 0.29) is 28.3 Å². The molecule has 1 aromatic heterocycles. The molecule has 8 nitrogen and oxygen atoms in total. The number of anilines is 1. The highest BCUT2D eigenvalue weighted by atomic mass is 32.2. The zero-order valence-electron chi connectivity index (χ0n) is 23.1. The van der Waals surface area contributed by atoms with E-state index in [9.17, 15) is 21.6 Å².